The second-order valence-corrected chi connectivity index (χ2v) is 9.32. The van der Waals surface area contributed by atoms with Gasteiger partial charge in [-0.15, -0.1) is 0 Å². The summed E-state index contributed by atoms with van der Waals surface area (Å²) in [5.74, 6) is 1.39. The van der Waals surface area contributed by atoms with Crippen LogP contribution in [0.5, 0.6) is 11.5 Å². The molecule has 1 aliphatic heterocycles. The van der Waals surface area contributed by atoms with Gasteiger partial charge in [0.2, 0.25) is 10.0 Å². The van der Waals surface area contributed by atoms with Gasteiger partial charge < -0.3 is 19.9 Å². The van der Waals surface area contributed by atoms with Gasteiger partial charge in [-0.1, -0.05) is 31.5 Å². The lowest BCUT2D eigenvalue weighted by atomic mass is 10.2. The van der Waals surface area contributed by atoms with Gasteiger partial charge in [0, 0.05) is 25.7 Å². The van der Waals surface area contributed by atoms with Gasteiger partial charge in [-0.05, 0) is 42.8 Å². The van der Waals surface area contributed by atoms with Crippen molar-refractivity contribution in [3.63, 3.8) is 0 Å². The van der Waals surface area contributed by atoms with Gasteiger partial charge in [0.25, 0.3) is 0 Å². The standard InChI is InChI=1S/C22H30N2O5S/c1-2-3-13-28-21-9-11-22(12-10-21)30(26,27)24-15-18(16-24)23-14-19(25)17-29-20-7-5-4-6-8-20/h4-12,18-19,23,25H,2-3,13-17H2,1H3. The Kier molecular flexibility index (Phi) is 8.09. The van der Waals surface area contributed by atoms with Crippen molar-refractivity contribution in [3.05, 3.63) is 54.6 Å². The zero-order valence-electron chi connectivity index (χ0n) is 17.2. The van der Waals surface area contributed by atoms with E-state index in [4.69, 9.17) is 9.47 Å². The van der Waals surface area contributed by atoms with Crippen LogP contribution in [0.1, 0.15) is 19.8 Å². The minimum Gasteiger partial charge on any atom is -0.494 e. The number of unbranched alkanes of at least 4 members (excludes halogenated alkanes) is 1. The highest BCUT2D eigenvalue weighted by Crippen LogP contribution is 2.23. The topological polar surface area (TPSA) is 88.1 Å². The largest absolute Gasteiger partial charge is 0.494 e. The molecule has 1 fully saturated rings. The third-order valence-corrected chi connectivity index (χ3v) is 6.75. The number of hydrogen-bond donors (Lipinski definition) is 2. The van der Waals surface area contributed by atoms with Crippen LogP contribution < -0.4 is 14.8 Å². The summed E-state index contributed by atoms with van der Waals surface area (Å²) < 4.78 is 38.0. The number of aliphatic hydroxyl groups is 1. The maximum atomic E-state index is 12.7. The van der Waals surface area contributed by atoms with Crippen molar-refractivity contribution in [1.82, 2.24) is 9.62 Å². The summed E-state index contributed by atoms with van der Waals surface area (Å²) in [5.41, 5.74) is 0. The van der Waals surface area contributed by atoms with Gasteiger partial charge >= 0.3 is 0 Å². The van der Waals surface area contributed by atoms with Gasteiger partial charge in [0.15, 0.2) is 0 Å². The number of hydrogen-bond acceptors (Lipinski definition) is 6. The number of para-hydroxylation sites is 1. The molecule has 3 rings (SSSR count). The van der Waals surface area contributed by atoms with E-state index >= 15 is 0 Å². The Hall–Kier alpha value is -2.13. The van der Waals surface area contributed by atoms with Crippen LogP contribution in [0.3, 0.4) is 0 Å². The van der Waals surface area contributed by atoms with Crippen LogP contribution in [0.25, 0.3) is 0 Å². The highest BCUT2D eigenvalue weighted by molar-refractivity contribution is 7.89. The molecule has 2 aromatic carbocycles. The lowest BCUT2D eigenvalue weighted by Crippen LogP contribution is -2.60. The quantitative estimate of drug-likeness (QED) is 0.498. The van der Waals surface area contributed by atoms with Crippen molar-refractivity contribution in [2.75, 3.05) is 32.8 Å². The van der Waals surface area contributed by atoms with Gasteiger partial charge in [0.1, 0.15) is 24.2 Å². The Morgan fingerprint density at radius 1 is 1.07 bits per heavy atom. The molecule has 0 radical (unpaired) electrons. The van der Waals surface area contributed by atoms with E-state index in [1.807, 2.05) is 30.3 Å². The van der Waals surface area contributed by atoms with E-state index in [2.05, 4.69) is 12.2 Å². The number of sulfonamides is 1. The van der Waals surface area contributed by atoms with Crippen molar-refractivity contribution < 1.29 is 23.0 Å². The Morgan fingerprint density at radius 3 is 2.40 bits per heavy atom. The van der Waals surface area contributed by atoms with Crippen LogP contribution in [0, 0.1) is 0 Å². The predicted octanol–water partition coefficient (Wildman–Crippen LogP) is 2.27. The molecule has 7 nitrogen and oxygen atoms in total. The van der Waals surface area contributed by atoms with Crippen LogP contribution in [-0.4, -0.2) is 62.8 Å². The molecule has 2 N–H and O–H groups in total. The zero-order chi connectivity index (χ0) is 21.4. The molecule has 1 unspecified atom stereocenters. The minimum atomic E-state index is -3.51. The number of benzene rings is 2. The number of rotatable bonds is 12. The van der Waals surface area contributed by atoms with Crippen molar-refractivity contribution in [1.29, 1.82) is 0 Å². The molecule has 0 saturated carbocycles. The van der Waals surface area contributed by atoms with E-state index in [1.54, 1.807) is 24.3 Å². The lowest BCUT2D eigenvalue weighted by molar-refractivity contribution is 0.0957. The van der Waals surface area contributed by atoms with Crippen LogP contribution >= 0.6 is 0 Å². The lowest BCUT2D eigenvalue weighted by Gasteiger charge is -2.38. The van der Waals surface area contributed by atoms with Gasteiger partial charge in [-0.2, -0.15) is 4.31 Å². The molecule has 0 bridgehead atoms. The fourth-order valence-electron chi connectivity index (χ4n) is 3.03. The second kappa shape index (κ2) is 10.8. The first-order valence-corrected chi connectivity index (χ1v) is 11.8. The molecule has 2 aromatic rings. The van der Waals surface area contributed by atoms with E-state index < -0.39 is 16.1 Å². The maximum absolute atomic E-state index is 12.7. The van der Waals surface area contributed by atoms with Crippen molar-refractivity contribution in [2.45, 2.75) is 36.8 Å². The summed E-state index contributed by atoms with van der Waals surface area (Å²) in [6.07, 6.45) is 1.35. The zero-order valence-corrected chi connectivity index (χ0v) is 18.1. The predicted molar refractivity (Wildman–Crippen MR) is 115 cm³/mol. The fraction of sp³-hybridized carbons (Fsp3) is 0.455. The Labute approximate surface area is 178 Å². The molecule has 1 aliphatic rings. The van der Waals surface area contributed by atoms with Crippen LogP contribution in [0.15, 0.2) is 59.5 Å². The number of nitrogens with zero attached hydrogens (tertiary/aromatic N) is 1. The molecule has 1 heterocycles. The summed E-state index contributed by atoms with van der Waals surface area (Å²) in [7, 11) is -3.51. The fourth-order valence-corrected chi connectivity index (χ4v) is 4.56. The van der Waals surface area contributed by atoms with E-state index in [-0.39, 0.29) is 17.5 Å². The molecule has 1 atom stereocenters. The molecule has 0 aromatic heterocycles. The highest BCUT2D eigenvalue weighted by Gasteiger charge is 2.36. The van der Waals surface area contributed by atoms with Crippen molar-refractivity contribution in [3.8, 4) is 11.5 Å². The first kappa shape index (κ1) is 22.6. The van der Waals surface area contributed by atoms with Gasteiger partial charge in [-0.3, -0.25) is 0 Å². The summed E-state index contributed by atoms with van der Waals surface area (Å²) >= 11 is 0. The third-order valence-electron chi connectivity index (χ3n) is 4.90. The molecule has 8 heteroatoms. The highest BCUT2D eigenvalue weighted by atomic mass is 32.2. The molecule has 0 spiro atoms. The monoisotopic (exact) mass is 434 g/mol. The number of ether oxygens (including phenoxy) is 2. The maximum Gasteiger partial charge on any atom is 0.243 e. The smallest absolute Gasteiger partial charge is 0.243 e. The van der Waals surface area contributed by atoms with E-state index in [0.29, 0.717) is 37.7 Å². The first-order valence-electron chi connectivity index (χ1n) is 10.3. The summed E-state index contributed by atoms with van der Waals surface area (Å²) in [4.78, 5) is 0.264. The molecule has 0 aliphatic carbocycles. The van der Waals surface area contributed by atoms with Crippen molar-refractivity contribution >= 4 is 10.0 Å². The normalized spacial score (nSPS) is 16.1. The first-order chi connectivity index (χ1) is 14.5. The van der Waals surface area contributed by atoms with Crippen LogP contribution in [0.2, 0.25) is 0 Å². The van der Waals surface area contributed by atoms with Gasteiger partial charge in [-0.25, -0.2) is 8.42 Å². The molecular formula is C22H30N2O5S. The Morgan fingerprint density at radius 2 is 1.73 bits per heavy atom. The Balaban J connectivity index is 1.39. The van der Waals surface area contributed by atoms with Crippen LogP contribution in [-0.2, 0) is 10.0 Å². The summed E-state index contributed by atoms with van der Waals surface area (Å²) in [5, 5.41) is 13.2. The molecule has 30 heavy (non-hydrogen) atoms. The SMILES string of the molecule is CCCCOc1ccc(S(=O)(=O)N2CC(NCC(O)COc3ccccc3)C2)cc1. The minimum absolute atomic E-state index is 0.0165. The molecule has 0 amide bonds. The summed E-state index contributed by atoms with van der Waals surface area (Å²) in [6.45, 7) is 4.00. The van der Waals surface area contributed by atoms with Gasteiger partial charge in [0.05, 0.1) is 11.5 Å². The number of aliphatic hydroxyl groups excluding tert-OH is 1. The average molecular weight is 435 g/mol. The Bertz CT molecular complexity index is 868. The number of nitrogens with one attached hydrogen (secondary N) is 1. The van der Waals surface area contributed by atoms with E-state index in [0.717, 1.165) is 12.8 Å². The van der Waals surface area contributed by atoms with E-state index in [1.165, 1.54) is 4.31 Å². The second-order valence-electron chi connectivity index (χ2n) is 7.38. The third kappa shape index (κ3) is 6.18. The molecule has 164 valence electrons. The summed E-state index contributed by atoms with van der Waals surface area (Å²) in [6, 6.07) is 15.9. The average Bonchev–Trinajstić information content (AvgIpc) is 2.72. The molecular weight excluding hydrogens is 404 g/mol. The van der Waals surface area contributed by atoms with Crippen LogP contribution in [0.4, 0.5) is 0 Å². The molecule has 1 saturated heterocycles. The van der Waals surface area contributed by atoms with E-state index in [9.17, 15) is 13.5 Å². The van der Waals surface area contributed by atoms with Crippen molar-refractivity contribution in [2.24, 2.45) is 0 Å².